The monoisotopic (exact) mass is 198 g/mol. The summed E-state index contributed by atoms with van der Waals surface area (Å²) >= 11 is 4.96. The summed E-state index contributed by atoms with van der Waals surface area (Å²) in [5, 5.41) is 4.24. The molecule has 1 rings (SSSR count). The highest BCUT2D eigenvalue weighted by Crippen LogP contribution is 2.12. The summed E-state index contributed by atoms with van der Waals surface area (Å²) in [6, 6.07) is -0.00352. The maximum Gasteiger partial charge on any atom is 0.147 e. The van der Waals surface area contributed by atoms with E-state index in [1.807, 2.05) is 20.8 Å². The molecule has 0 radical (unpaired) electrons. The molecule has 2 N–H and O–H groups in total. The van der Waals surface area contributed by atoms with Gasteiger partial charge in [-0.2, -0.15) is 5.10 Å². The minimum absolute atomic E-state index is 0.00352. The van der Waals surface area contributed by atoms with Gasteiger partial charge < -0.3 is 5.73 Å². The minimum Gasteiger partial charge on any atom is -0.392 e. The fourth-order valence-electron chi connectivity index (χ4n) is 1.33. The third-order valence-corrected chi connectivity index (χ3v) is 2.19. The first-order valence-electron chi connectivity index (χ1n) is 4.25. The van der Waals surface area contributed by atoms with Gasteiger partial charge in [0, 0.05) is 0 Å². The lowest BCUT2D eigenvalue weighted by atomic mass is 10.2. The Morgan fingerprint density at radius 3 is 2.54 bits per heavy atom. The highest BCUT2D eigenvalue weighted by Gasteiger charge is 2.15. The molecular weight excluding hydrogens is 184 g/mol. The van der Waals surface area contributed by atoms with Gasteiger partial charge in [0.25, 0.3) is 0 Å². The van der Waals surface area contributed by atoms with Crippen LogP contribution in [0.25, 0.3) is 0 Å². The Bertz CT molecular complexity index is 318. The van der Waals surface area contributed by atoms with Crippen LogP contribution in [0, 0.1) is 13.8 Å². The number of rotatable bonds is 3. The van der Waals surface area contributed by atoms with Crippen molar-refractivity contribution in [3.63, 3.8) is 0 Å². The summed E-state index contributed by atoms with van der Waals surface area (Å²) in [6.45, 7) is 5.79. The maximum absolute atomic E-state index is 5.60. The number of aromatic nitrogens is 3. The number of hydrogen-bond donors (Lipinski definition) is 1. The van der Waals surface area contributed by atoms with Crippen molar-refractivity contribution in [3.8, 4) is 0 Å². The van der Waals surface area contributed by atoms with Crippen molar-refractivity contribution >= 4 is 17.2 Å². The fraction of sp³-hybridized carbons (Fsp3) is 0.625. The molecule has 4 nitrogen and oxygen atoms in total. The molecule has 0 saturated heterocycles. The maximum atomic E-state index is 5.60. The fourth-order valence-corrected chi connectivity index (χ4v) is 1.59. The molecule has 0 bridgehead atoms. The van der Waals surface area contributed by atoms with E-state index in [1.54, 1.807) is 4.68 Å². The SMILES string of the molecule is CCC(C(N)=S)n1nc(C)nc1C. The van der Waals surface area contributed by atoms with Crippen molar-refractivity contribution in [2.24, 2.45) is 5.73 Å². The standard InChI is InChI=1S/C8H14N4S/c1-4-7(8(9)13)12-6(3)10-5(2)11-12/h7H,4H2,1-3H3,(H2,9,13). The van der Waals surface area contributed by atoms with Crippen molar-refractivity contribution in [2.45, 2.75) is 33.2 Å². The summed E-state index contributed by atoms with van der Waals surface area (Å²) in [5.41, 5.74) is 5.60. The molecular formula is C8H14N4S. The third-order valence-electron chi connectivity index (χ3n) is 1.92. The topological polar surface area (TPSA) is 56.7 Å². The Balaban J connectivity index is 3.04. The lowest BCUT2D eigenvalue weighted by Crippen LogP contribution is -2.25. The van der Waals surface area contributed by atoms with Crippen LogP contribution in [0.1, 0.15) is 31.0 Å². The Hall–Kier alpha value is -0.970. The largest absolute Gasteiger partial charge is 0.392 e. The second-order valence-corrected chi connectivity index (χ2v) is 3.45. The van der Waals surface area contributed by atoms with Crippen molar-refractivity contribution in [3.05, 3.63) is 11.6 Å². The highest BCUT2D eigenvalue weighted by molar-refractivity contribution is 7.80. The zero-order valence-electron chi connectivity index (χ0n) is 8.11. The number of thiocarbonyl (C=S) groups is 1. The summed E-state index contributed by atoms with van der Waals surface area (Å²) in [4.78, 5) is 4.67. The van der Waals surface area contributed by atoms with Crippen LogP contribution >= 0.6 is 12.2 Å². The van der Waals surface area contributed by atoms with Gasteiger partial charge in [0.2, 0.25) is 0 Å². The van der Waals surface area contributed by atoms with Gasteiger partial charge in [0.05, 0.1) is 4.99 Å². The molecule has 1 unspecified atom stereocenters. The van der Waals surface area contributed by atoms with Crippen LogP contribution in [0.2, 0.25) is 0 Å². The van der Waals surface area contributed by atoms with Crippen molar-refractivity contribution in [2.75, 3.05) is 0 Å². The first kappa shape index (κ1) is 10.1. The van der Waals surface area contributed by atoms with Crippen LogP contribution in [0.15, 0.2) is 0 Å². The minimum atomic E-state index is -0.00352. The Kier molecular flexibility index (Phi) is 2.98. The number of hydrogen-bond acceptors (Lipinski definition) is 3. The average Bonchev–Trinajstić information content (AvgIpc) is 2.31. The molecule has 0 saturated carbocycles. The zero-order valence-corrected chi connectivity index (χ0v) is 8.93. The Morgan fingerprint density at radius 1 is 1.62 bits per heavy atom. The predicted molar refractivity (Wildman–Crippen MR) is 55.6 cm³/mol. The first-order chi connectivity index (χ1) is 6.06. The van der Waals surface area contributed by atoms with Crippen LogP contribution < -0.4 is 5.73 Å². The van der Waals surface area contributed by atoms with E-state index in [1.165, 1.54) is 0 Å². The van der Waals surface area contributed by atoms with Gasteiger partial charge >= 0.3 is 0 Å². The van der Waals surface area contributed by atoms with Gasteiger partial charge in [0.15, 0.2) is 0 Å². The van der Waals surface area contributed by atoms with Crippen LogP contribution in [0.4, 0.5) is 0 Å². The zero-order chi connectivity index (χ0) is 10.0. The van der Waals surface area contributed by atoms with E-state index < -0.39 is 0 Å². The molecule has 72 valence electrons. The summed E-state index contributed by atoms with van der Waals surface area (Å²) in [7, 11) is 0. The molecule has 0 aliphatic carbocycles. The smallest absolute Gasteiger partial charge is 0.147 e. The normalized spacial score (nSPS) is 12.8. The van der Waals surface area contributed by atoms with Gasteiger partial charge in [-0.25, -0.2) is 9.67 Å². The van der Waals surface area contributed by atoms with Crippen LogP contribution in [-0.4, -0.2) is 19.8 Å². The first-order valence-corrected chi connectivity index (χ1v) is 4.66. The van der Waals surface area contributed by atoms with Crippen LogP contribution in [-0.2, 0) is 0 Å². The second-order valence-electron chi connectivity index (χ2n) is 2.98. The summed E-state index contributed by atoms with van der Waals surface area (Å²) in [6.07, 6.45) is 0.846. The lowest BCUT2D eigenvalue weighted by Gasteiger charge is -2.14. The van der Waals surface area contributed by atoms with Crippen molar-refractivity contribution in [1.82, 2.24) is 14.8 Å². The number of nitrogens with zero attached hydrogens (tertiary/aromatic N) is 3. The van der Waals surface area contributed by atoms with Crippen LogP contribution in [0.5, 0.6) is 0 Å². The van der Waals surface area contributed by atoms with Gasteiger partial charge in [-0.1, -0.05) is 19.1 Å². The van der Waals surface area contributed by atoms with E-state index in [2.05, 4.69) is 10.1 Å². The molecule has 1 aromatic rings. The van der Waals surface area contributed by atoms with E-state index in [4.69, 9.17) is 18.0 Å². The molecule has 0 aromatic carbocycles. The van der Waals surface area contributed by atoms with E-state index in [-0.39, 0.29) is 6.04 Å². The van der Waals surface area contributed by atoms with Gasteiger partial charge in [-0.3, -0.25) is 0 Å². The molecule has 0 aliphatic heterocycles. The van der Waals surface area contributed by atoms with Gasteiger partial charge in [-0.05, 0) is 20.3 Å². The molecule has 0 amide bonds. The van der Waals surface area contributed by atoms with E-state index >= 15 is 0 Å². The average molecular weight is 198 g/mol. The quantitative estimate of drug-likeness (QED) is 0.740. The van der Waals surface area contributed by atoms with Gasteiger partial charge in [-0.15, -0.1) is 0 Å². The van der Waals surface area contributed by atoms with E-state index in [0.29, 0.717) is 4.99 Å². The van der Waals surface area contributed by atoms with E-state index in [0.717, 1.165) is 18.1 Å². The van der Waals surface area contributed by atoms with Crippen LogP contribution in [0.3, 0.4) is 0 Å². The van der Waals surface area contributed by atoms with Gasteiger partial charge in [0.1, 0.15) is 17.7 Å². The number of aryl methyl sites for hydroxylation is 2. The Labute approximate surface area is 83.1 Å². The van der Waals surface area contributed by atoms with Crippen molar-refractivity contribution < 1.29 is 0 Å². The van der Waals surface area contributed by atoms with E-state index in [9.17, 15) is 0 Å². The van der Waals surface area contributed by atoms with Crippen molar-refractivity contribution in [1.29, 1.82) is 0 Å². The molecule has 0 aliphatic rings. The second kappa shape index (κ2) is 3.83. The Morgan fingerprint density at radius 2 is 2.23 bits per heavy atom. The molecule has 5 heteroatoms. The molecule has 0 spiro atoms. The molecule has 0 fully saturated rings. The lowest BCUT2D eigenvalue weighted by molar-refractivity contribution is 0.535. The molecule has 13 heavy (non-hydrogen) atoms. The molecule has 1 atom stereocenters. The number of nitrogens with two attached hydrogens (primary N) is 1. The highest BCUT2D eigenvalue weighted by atomic mass is 32.1. The summed E-state index contributed by atoms with van der Waals surface area (Å²) < 4.78 is 1.79. The summed E-state index contributed by atoms with van der Waals surface area (Å²) in [5.74, 6) is 1.62. The molecule has 1 heterocycles. The predicted octanol–water partition coefficient (Wildman–Crippen LogP) is 1.13. The molecule has 1 aromatic heterocycles. The third kappa shape index (κ3) is 2.03.